The van der Waals surface area contributed by atoms with Crippen LogP contribution in [-0.4, -0.2) is 44.6 Å². The van der Waals surface area contributed by atoms with Crippen molar-refractivity contribution in [3.05, 3.63) is 28.7 Å². The maximum atomic E-state index is 8.53. The van der Waals surface area contributed by atoms with Gasteiger partial charge in [-0.25, -0.2) is 0 Å². The van der Waals surface area contributed by atoms with Crippen LogP contribution in [-0.2, 0) is 4.74 Å². The van der Waals surface area contributed by atoms with Crippen molar-refractivity contribution >= 4 is 15.9 Å². The zero-order chi connectivity index (χ0) is 12.3. The second-order valence-corrected chi connectivity index (χ2v) is 4.22. The summed E-state index contributed by atoms with van der Waals surface area (Å²) in [6.45, 7) is 3.22. The number of ether oxygens (including phenoxy) is 2. The minimum atomic E-state index is 0.158. The highest BCUT2D eigenvalue weighted by atomic mass is 79.9. The molecule has 0 aromatic heterocycles. The Kier molecular flexibility index (Phi) is 8.00. The molecule has 4 nitrogen and oxygen atoms in total. The number of halogens is 1. The first kappa shape index (κ1) is 14.4. The van der Waals surface area contributed by atoms with Gasteiger partial charge in [-0.2, -0.15) is 0 Å². The van der Waals surface area contributed by atoms with Crippen LogP contribution >= 0.6 is 15.9 Å². The summed E-state index contributed by atoms with van der Waals surface area (Å²) in [6, 6.07) is 7.72. The van der Waals surface area contributed by atoms with E-state index >= 15 is 0 Å². The number of nitrogens with one attached hydrogen (secondary N) is 1. The first-order valence-corrected chi connectivity index (χ1v) is 6.40. The van der Waals surface area contributed by atoms with E-state index in [9.17, 15) is 0 Å². The van der Waals surface area contributed by atoms with E-state index in [-0.39, 0.29) is 6.61 Å². The summed E-state index contributed by atoms with van der Waals surface area (Å²) in [5, 5.41) is 11.6. The van der Waals surface area contributed by atoms with Crippen LogP contribution in [0.15, 0.2) is 28.7 Å². The van der Waals surface area contributed by atoms with E-state index in [4.69, 9.17) is 14.6 Å². The largest absolute Gasteiger partial charge is 0.490 e. The second-order valence-electron chi connectivity index (χ2n) is 3.36. The minimum Gasteiger partial charge on any atom is -0.490 e. The number of benzene rings is 1. The molecule has 0 heterocycles. The Hall–Kier alpha value is -0.620. The molecule has 0 aliphatic carbocycles. The van der Waals surface area contributed by atoms with Crippen LogP contribution in [0.4, 0.5) is 0 Å². The number of hydrogen-bond donors (Lipinski definition) is 2. The SMILES string of the molecule is OCCNCCOCCOc1ccccc1Br. The van der Waals surface area contributed by atoms with Gasteiger partial charge in [0, 0.05) is 13.1 Å². The smallest absolute Gasteiger partial charge is 0.133 e. The average Bonchev–Trinajstić information content (AvgIpc) is 2.35. The first-order chi connectivity index (χ1) is 8.34. The van der Waals surface area contributed by atoms with Gasteiger partial charge < -0.3 is 19.9 Å². The fraction of sp³-hybridized carbons (Fsp3) is 0.500. The fourth-order valence-electron chi connectivity index (χ4n) is 1.22. The standard InChI is InChI=1S/C12H18BrNO3/c13-11-3-1-2-4-12(11)17-10-9-16-8-6-14-5-7-15/h1-4,14-15H,5-10H2. The molecule has 0 saturated carbocycles. The Labute approximate surface area is 110 Å². The predicted octanol–water partition coefficient (Wildman–Crippen LogP) is 1.43. The molecule has 0 amide bonds. The summed E-state index contributed by atoms with van der Waals surface area (Å²) >= 11 is 3.41. The molecule has 0 radical (unpaired) electrons. The molecule has 0 fully saturated rings. The van der Waals surface area contributed by atoms with Gasteiger partial charge in [-0.15, -0.1) is 0 Å². The number of rotatable bonds is 9. The van der Waals surface area contributed by atoms with Crippen LogP contribution in [0.1, 0.15) is 0 Å². The fourth-order valence-corrected chi connectivity index (χ4v) is 1.62. The van der Waals surface area contributed by atoms with Gasteiger partial charge in [0.2, 0.25) is 0 Å². The Balaban J connectivity index is 1.99. The highest BCUT2D eigenvalue weighted by Gasteiger charge is 1.98. The molecular weight excluding hydrogens is 286 g/mol. The zero-order valence-corrected chi connectivity index (χ0v) is 11.3. The van der Waals surface area contributed by atoms with Crippen LogP contribution in [0.25, 0.3) is 0 Å². The maximum absolute atomic E-state index is 8.53. The molecule has 1 aromatic carbocycles. The third-order valence-electron chi connectivity index (χ3n) is 2.03. The van der Waals surface area contributed by atoms with Gasteiger partial charge in [-0.05, 0) is 28.1 Å². The van der Waals surface area contributed by atoms with E-state index in [1.54, 1.807) is 0 Å². The Bertz CT molecular complexity index is 310. The lowest BCUT2D eigenvalue weighted by atomic mass is 10.3. The zero-order valence-electron chi connectivity index (χ0n) is 9.69. The lowest BCUT2D eigenvalue weighted by Crippen LogP contribution is -2.23. The minimum absolute atomic E-state index is 0.158. The highest BCUT2D eigenvalue weighted by Crippen LogP contribution is 2.23. The quantitative estimate of drug-likeness (QED) is 0.678. The molecule has 1 rings (SSSR count). The predicted molar refractivity (Wildman–Crippen MR) is 70.4 cm³/mol. The lowest BCUT2D eigenvalue weighted by Gasteiger charge is -2.08. The number of hydrogen-bond acceptors (Lipinski definition) is 4. The molecule has 1 aromatic rings. The third-order valence-corrected chi connectivity index (χ3v) is 2.69. The molecule has 0 atom stereocenters. The summed E-state index contributed by atoms with van der Waals surface area (Å²) < 4.78 is 11.8. The van der Waals surface area contributed by atoms with Gasteiger partial charge in [0.05, 0.1) is 24.3 Å². The van der Waals surface area contributed by atoms with Crippen molar-refractivity contribution in [1.29, 1.82) is 0 Å². The topological polar surface area (TPSA) is 50.7 Å². The van der Waals surface area contributed by atoms with Gasteiger partial charge in [0.1, 0.15) is 12.4 Å². The molecule has 0 spiro atoms. The normalized spacial score (nSPS) is 10.5. The Morgan fingerprint density at radius 1 is 1.12 bits per heavy atom. The van der Waals surface area contributed by atoms with Crippen molar-refractivity contribution < 1.29 is 14.6 Å². The van der Waals surface area contributed by atoms with Gasteiger partial charge in [-0.1, -0.05) is 12.1 Å². The average molecular weight is 304 g/mol. The van der Waals surface area contributed by atoms with Gasteiger partial charge in [-0.3, -0.25) is 0 Å². The number of aliphatic hydroxyl groups excluding tert-OH is 1. The van der Waals surface area contributed by atoms with Crippen molar-refractivity contribution in [2.45, 2.75) is 0 Å². The van der Waals surface area contributed by atoms with E-state index in [1.807, 2.05) is 24.3 Å². The molecular formula is C12H18BrNO3. The molecule has 0 aliphatic rings. The van der Waals surface area contributed by atoms with Gasteiger partial charge >= 0.3 is 0 Å². The van der Waals surface area contributed by atoms with E-state index in [1.165, 1.54) is 0 Å². The summed E-state index contributed by atoms with van der Waals surface area (Å²) in [4.78, 5) is 0. The summed E-state index contributed by atoms with van der Waals surface area (Å²) in [5.74, 6) is 0.828. The van der Waals surface area contributed by atoms with Crippen LogP contribution in [0, 0.1) is 0 Å². The van der Waals surface area contributed by atoms with Gasteiger partial charge in [0.25, 0.3) is 0 Å². The van der Waals surface area contributed by atoms with E-state index in [0.717, 1.165) is 16.8 Å². The van der Waals surface area contributed by atoms with Gasteiger partial charge in [0.15, 0.2) is 0 Å². The monoisotopic (exact) mass is 303 g/mol. The number of aliphatic hydroxyl groups is 1. The van der Waals surface area contributed by atoms with Crippen molar-refractivity contribution in [3.8, 4) is 5.75 Å². The van der Waals surface area contributed by atoms with Crippen LogP contribution in [0.3, 0.4) is 0 Å². The summed E-state index contributed by atoms with van der Waals surface area (Å²) in [7, 11) is 0. The third kappa shape index (κ3) is 6.63. The Morgan fingerprint density at radius 2 is 1.94 bits per heavy atom. The molecule has 2 N–H and O–H groups in total. The lowest BCUT2D eigenvalue weighted by molar-refractivity contribution is 0.101. The molecule has 17 heavy (non-hydrogen) atoms. The molecule has 0 aliphatic heterocycles. The van der Waals surface area contributed by atoms with Crippen molar-refractivity contribution in [1.82, 2.24) is 5.32 Å². The van der Waals surface area contributed by atoms with Crippen LogP contribution in [0.2, 0.25) is 0 Å². The molecule has 0 saturated heterocycles. The molecule has 0 bridgehead atoms. The Morgan fingerprint density at radius 3 is 2.71 bits per heavy atom. The van der Waals surface area contributed by atoms with Crippen molar-refractivity contribution in [2.75, 3.05) is 39.5 Å². The van der Waals surface area contributed by atoms with E-state index < -0.39 is 0 Å². The van der Waals surface area contributed by atoms with Crippen LogP contribution < -0.4 is 10.1 Å². The van der Waals surface area contributed by atoms with Crippen molar-refractivity contribution in [3.63, 3.8) is 0 Å². The molecule has 96 valence electrons. The molecule has 0 unspecified atom stereocenters. The van der Waals surface area contributed by atoms with E-state index in [2.05, 4.69) is 21.2 Å². The van der Waals surface area contributed by atoms with E-state index in [0.29, 0.717) is 26.4 Å². The summed E-state index contributed by atoms with van der Waals surface area (Å²) in [5.41, 5.74) is 0. The first-order valence-electron chi connectivity index (χ1n) is 5.61. The van der Waals surface area contributed by atoms with Crippen molar-refractivity contribution in [2.24, 2.45) is 0 Å². The number of para-hydroxylation sites is 1. The van der Waals surface area contributed by atoms with Crippen LogP contribution in [0.5, 0.6) is 5.75 Å². The summed E-state index contributed by atoms with van der Waals surface area (Å²) in [6.07, 6.45) is 0. The highest BCUT2D eigenvalue weighted by molar-refractivity contribution is 9.10. The molecule has 5 heteroatoms. The second kappa shape index (κ2) is 9.41. The maximum Gasteiger partial charge on any atom is 0.133 e.